The second-order valence-electron chi connectivity index (χ2n) is 5.91. The molecule has 0 aliphatic heterocycles. The zero-order valence-electron chi connectivity index (χ0n) is 14.3. The van der Waals surface area contributed by atoms with Gasteiger partial charge in [-0.05, 0) is 55.7 Å². The molecule has 24 heavy (non-hydrogen) atoms. The van der Waals surface area contributed by atoms with Crippen LogP contribution >= 0.6 is 23.6 Å². The zero-order valence-corrected chi connectivity index (χ0v) is 15.9. The number of hydrogen-bond acceptors (Lipinski definition) is 4. The van der Waals surface area contributed by atoms with Crippen LogP contribution in [0.25, 0.3) is 10.7 Å². The Hall–Kier alpha value is -1.76. The molecule has 0 radical (unpaired) electrons. The van der Waals surface area contributed by atoms with Crippen molar-refractivity contribution in [3.05, 3.63) is 57.7 Å². The molecule has 126 valence electrons. The minimum absolute atomic E-state index is 0.679. The van der Waals surface area contributed by atoms with Gasteiger partial charge in [0.05, 0.1) is 11.5 Å². The van der Waals surface area contributed by atoms with Gasteiger partial charge in [-0.3, -0.25) is 9.47 Å². The van der Waals surface area contributed by atoms with Gasteiger partial charge < -0.3 is 0 Å². The molecule has 2 heterocycles. The van der Waals surface area contributed by atoms with Crippen molar-refractivity contribution in [2.75, 3.05) is 7.05 Å². The molecular formula is C18H22N4S2. The fraction of sp³-hybridized carbons (Fsp3) is 0.333. The summed E-state index contributed by atoms with van der Waals surface area (Å²) in [5.41, 5.74) is 2.64. The summed E-state index contributed by atoms with van der Waals surface area (Å²) in [6, 6.07) is 12.6. The van der Waals surface area contributed by atoms with Gasteiger partial charge in [-0.25, -0.2) is 4.68 Å². The number of rotatable bonds is 6. The van der Waals surface area contributed by atoms with E-state index in [0.29, 0.717) is 6.67 Å². The van der Waals surface area contributed by atoms with Crippen LogP contribution in [0, 0.1) is 11.7 Å². The molecule has 0 atom stereocenters. The maximum atomic E-state index is 5.64. The van der Waals surface area contributed by atoms with E-state index in [2.05, 4.69) is 66.1 Å². The quantitative estimate of drug-likeness (QED) is 0.604. The van der Waals surface area contributed by atoms with Crippen molar-refractivity contribution < 1.29 is 0 Å². The number of nitrogens with zero attached hydrogens (tertiary/aromatic N) is 4. The Morgan fingerprint density at radius 2 is 2.00 bits per heavy atom. The fourth-order valence-corrected chi connectivity index (χ4v) is 3.79. The summed E-state index contributed by atoms with van der Waals surface area (Å²) in [6.45, 7) is 6.64. The predicted octanol–water partition coefficient (Wildman–Crippen LogP) is 4.56. The van der Waals surface area contributed by atoms with E-state index in [1.165, 1.54) is 11.1 Å². The van der Waals surface area contributed by atoms with Crippen LogP contribution in [0.5, 0.6) is 0 Å². The van der Waals surface area contributed by atoms with E-state index < -0.39 is 0 Å². The first-order chi connectivity index (χ1) is 11.6. The van der Waals surface area contributed by atoms with Crippen molar-refractivity contribution in [1.29, 1.82) is 0 Å². The SMILES string of the molecule is CCn1c(-c2cccs2)nn(CN(C)Cc2ccccc2C)c1=S. The summed E-state index contributed by atoms with van der Waals surface area (Å²) in [6.07, 6.45) is 0. The van der Waals surface area contributed by atoms with E-state index in [9.17, 15) is 0 Å². The molecule has 0 spiro atoms. The van der Waals surface area contributed by atoms with Gasteiger partial charge in [0, 0.05) is 13.1 Å². The first-order valence-corrected chi connectivity index (χ1v) is 9.33. The molecule has 0 unspecified atom stereocenters. The van der Waals surface area contributed by atoms with Crippen LogP contribution in [-0.2, 0) is 19.8 Å². The lowest BCUT2D eigenvalue weighted by atomic mass is 10.1. The van der Waals surface area contributed by atoms with Crippen LogP contribution in [0.3, 0.4) is 0 Å². The average Bonchev–Trinajstić information content (AvgIpc) is 3.18. The van der Waals surface area contributed by atoms with Crippen molar-refractivity contribution in [2.45, 2.75) is 33.6 Å². The third-order valence-corrected chi connectivity index (χ3v) is 5.35. The van der Waals surface area contributed by atoms with Crippen molar-refractivity contribution in [3.63, 3.8) is 0 Å². The lowest BCUT2D eigenvalue weighted by Crippen LogP contribution is -2.23. The molecule has 2 aromatic heterocycles. The van der Waals surface area contributed by atoms with Crippen LogP contribution in [0.4, 0.5) is 0 Å². The van der Waals surface area contributed by atoms with Gasteiger partial charge in [0.15, 0.2) is 10.6 Å². The highest BCUT2D eigenvalue weighted by Crippen LogP contribution is 2.23. The Labute approximate surface area is 152 Å². The topological polar surface area (TPSA) is 26.0 Å². The molecule has 0 aliphatic carbocycles. The fourth-order valence-electron chi connectivity index (χ4n) is 2.76. The molecule has 0 amide bonds. The summed E-state index contributed by atoms with van der Waals surface area (Å²) in [5.74, 6) is 0.960. The van der Waals surface area contributed by atoms with E-state index in [0.717, 1.165) is 28.6 Å². The molecule has 4 nitrogen and oxygen atoms in total. The van der Waals surface area contributed by atoms with Crippen molar-refractivity contribution in [2.24, 2.45) is 0 Å². The third-order valence-electron chi connectivity index (χ3n) is 4.06. The van der Waals surface area contributed by atoms with E-state index in [1.54, 1.807) is 11.3 Å². The highest BCUT2D eigenvalue weighted by molar-refractivity contribution is 7.71. The summed E-state index contributed by atoms with van der Waals surface area (Å²) < 4.78 is 4.80. The standard InChI is InChI=1S/C18H22N4S2/c1-4-21-17(16-10-7-11-24-16)19-22(18(21)23)13-20(3)12-15-9-6-5-8-14(15)2/h5-11H,4,12-13H2,1-3H3. The van der Waals surface area contributed by atoms with Gasteiger partial charge in [-0.15, -0.1) is 16.4 Å². The predicted molar refractivity (Wildman–Crippen MR) is 103 cm³/mol. The second-order valence-corrected chi connectivity index (χ2v) is 7.22. The Kier molecular flexibility index (Phi) is 5.28. The number of benzene rings is 1. The molecule has 0 aliphatic rings. The molecular weight excluding hydrogens is 336 g/mol. The highest BCUT2D eigenvalue weighted by atomic mass is 32.1. The molecule has 0 N–H and O–H groups in total. The molecule has 0 fully saturated rings. The zero-order chi connectivity index (χ0) is 17.1. The van der Waals surface area contributed by atoms with Crippen molar-refractivity contribution >= 4 is 23.6 Å². The number of thiophene rings is 1. The molecule has 0 bridgehead atoms. The van der Waals surface area contributed by atoms with E-state index in [1.807, 2.05) is 10.7 Å². The Morgan fingerprint density at radius 1 is 1.21 bits per heavy atom. The Morgan fingerprint density at radius 3 is 2.67 bits per heavy atom. The van der Waals surface area contributed by atoms with Crippen molar-refractivity contribution in [3.8, 4) is 10.7 Å². The maximum Gasteiger partial charge on any atom is 0.199 e. The number of hydrogen-bond donors (Lipinski definition) is 0. The summed E-state index contributed by atoms with van der Waals surface area (Å²) in [5, 5.41) is 6.84. The summed E-state index contributed by atoms with van der Waals surface area (Å²) in [4.78, 5) is 3.40. The largest absolute Gasteiger partial charge is 0.300 e. The van der Waals surface area contributed by atoms with Crippen LogP contribution in [0.1, 0.15) is 18.1 Å². The summed E-state index contributed by atoms with van der Waals surface area (Å²) >= 11 is 7.33. The van der Waals surface area contributed by atoms with E-state index in [-0.39, 0.29) is 0 Å². The monoisotopic (exact) mass is 358 g/mol. The minimum Gasteiger partial charge on any atom is -0.300 e. The van der Waals surface area contributed by atoms with Gasteiger partial charge in [0.1, 0.15) is 0 Å². The summed E-state index contributed by atoms with van der Waals surface area (Å²) in [7, 11) is 2.10. The van der Waals surface area contributed by atoms with Gasteiger partial charge in [-0.2, -0.15) is 0 Å². The van der Waals surface area contributed by atoms with Gasteiger partial charge in [0.25, 0.3) is 0 Å². The van der Waals surface area contributed by atoms with Gasteiger partial charge in [-0.1, -0.05) is 30.3 Å². The molecule has 1 aromatic carbocycles. The average molecular weight is 359 g/mol. The van der Waals surface area contributed by atoms with Gasteiger partial charge in [0.2, 0.25) is 0 Å². The first kappa shape index (κ1) is 17.1. The smallest absolute Gasteiger partial charge is 0.199 e. The van der Waals surface area contributed by atoms with Crippen LogP contribution in [0.15, 0.2) is 41.8 Å². The van der Waals surface area contributed by atoms with Crippen LogP contribution in [-0.4, -0.2) is 26.3 Å². The van der Waals surface area contributed by atoms with Crippen LogP contribution in [0.2, 0.25) is 0 Å². The first-order valence-electron chi connectivity index (χ1n) is 8.04. The minimum atomic E-state index is 0.679. The van der Waals surface area contributed by atoms with E-state index >= 15 is 0 Å². The molecule has 3 rings (SSSR count). The van der Waals surface area contributed by atoms with E-state index in [4.69, 9.17) is 17.3 Å². The third kappa shape index (κ3) is 3.50. The molecule has 0 saturated carbocycles. The van der Waals surface area contributed by atoms with Crippen LogP contribution < -0.4 is 0 Å². The van der Waals surface area contributed by atoms with Crippen molar-refractivity contribution in [1.82, 2.24) is 19.2 Å². The molecule has 0 saturated heterocycles. The van der Waals surface area contributed by atoms with Gasteiger partial charge >= 0.3 is 0 Å². The lowest BCUT2D eigenvalue weighted by Gasteiger charge is -2.17. The second kappa shape index (κ2) is 7.42. The number of aromatic nitrogens is 3. The lowest BCUT2D eigenvalue weighted by molar-refractivity contribution is 0.243. The molecule has 6 heteroatoms. The Balaban J connectivity index is 1.83. The molecule has 3 aromatic rings. The normalized spacial score (nSPS) is 11.3. The highest BCUT2D eigenvalue weighted by Gasteiger charge is 2.13. The Bertz CT molecular complexity index is 862. The maximum absolute atomic E-state index is 5.64. The number of aryl methyl sites for hydroxylation is 1.